The molecule has 2 aromatic heterocycles. The molecule has 0 radical (unpaired) electrons. The Morgan fingerprint density at radius 1 is 1.57 bits per heavy atom. The lowest BCUT2D eigenvalue weighted by atomic mass is 10.4. The number of imidazole rings is 1. The maximum Gasteiger partial charge on any atom is 0.180 e. The van der Waals surface area contributed by atoms with Gasteiger partial charge >= 0.3 is 0 Å². The van der Waals surface area contributed by atoms with Gasteiger partial charge in [0.05, 0.1) is 6.20 Å². The van der Waals surface area contributed by atoms with Crippen molar-refractivity contribution in [3.8, 4) is 0 Å². The number of nitrogen functional groups attached to an aromatic ring is 1. The Hall–Kier alpha value is -1.78. The molecule has 0 aliphatic rings. The first-order valence-corrected chi connectivity index (χ1v) is 4.64. The van der Waals surface area contributed by atoms with Crippen LogP contribution in [0.15, 0.2) is 18.6 Å². The normalized spacial score (nSPS) is 10.6. The molecule has 2 heterocycles. The van der Waals surface area contributed by atoms with Crippen LogP contribution in [0.25, 0.3) is 5.65 Å². The molecule has 0 fully saturated rings. The second-order valence-corrected chi connectivity index (χ2v) is 3.10. The van der Waals surface area contributed by atoms with Crippen LogP contribution in [-0.4, -0.2) is 20.9 Å². The topological polar surface area (TPSA) is 68.2 Å². The van der Waals surface area contributed by atoms with E-state index in [9.17, 15) is 0 Å². The third-order valence-electron chi connectivity index (χ3n) is 1.94. The summed E-state index contributed by atoms with van der Waals surface area (Å²) in [6, 6.07) is 0. The van der Waals surface area contributed by atoms with E-state index in [4.69, 9.17) is 5.73 Å². The minimum Gasteiger partial charge on any atom is -0.382 e. The SMILES string of the molecule is CCCNc1nc(N)cn2ccnc12. The summed E-state index contributed by atoms with van der Waals surface area (Å²) in [6.07, 6.45) is 6.38. The van der Waals surface area contributed by atoms with E-state index >= 15 is 0 Å². The fourth-order valence-electron chi connectivity index (χ4n) is 1.31. The Bertz CT molecular complexity index is 434. The summed E-state index contributed by atoms with van der Waals surface area (Å²) in [4.78, 5) is 8.39. The minimum absolute atomic E-state index is 0.495. The Labute approximate surface area is 82.0 Å². The van der Waals surface area contributed by atoms with Crippen molar-refractivity contribution in [1.29, 1.82) is 0 Å². The third-order valence-corrected chi connectivity index (χ3v) is 1.94. The number of hydrogen-bond acceptors (Lipinski definition) is 4. The number of anilines is 2. The molecule has 5 nitrogen and oxygen atoms in total. The molecule has 2 aromatic rings. The van der Waals surface area contributed by atoms with Crippen LogP contribution < -0.4 is 11.1 Å². The van der Waals surface area contributed by atoms with Gasteiger partial charge in [0.2, 0.25) is 0 Å². The van der Waals surface area contributed by atoms with E-state index in [0.29, 0.717) is 5.82 Å². The van der Waals surface area contributed by atoms with Crippen molar-refractivity contribution in [3.63, 3.8) is 0 Å². The van der Waals surface area contributed by atoms with Crippen LogP contribution in [0.5, 0.6) is 0 Å². The molecule has 0 aromatic carbocycles. The number of nitrogens with one attached hydrogen (secondary N) is 1. The second-order valence-electron chi connectivity index (χ2n) is 3.10. The zero-order chi connectivity index (χ0) is 9.97. The van der Waals surface area contributed by atoms with Crippen molar-refractivity contribution in [2.75, 3.05) is 17.6 Å². The molecule has 0 unspecified atom stereocenters. The molecular formula is C9H13N5. The minimum atomic E-state index is 0.495. The lowest BCUT2D eigenvalue weighted by Gasteiger charge is -2.06. The van der Waals surface area contributed by atoms with Gasteiger partial charge in [0, 0.05) is 18.9 Å². The predicted molar refractivity (Wildman–Crippen MR) is 56.2 cm³/mol. The fourth-order valence-corrected chi connectivity index (χ4v) is 1.31. The van der Waals surface area contributed by atoms with Crippen molar-refractivity contribution in [1.82, 2.24) is 14.4 Å². The van der Waals surface area contributed by atoms with Gasteiger partial charge in [0.1, 0.15) is 5.82 Å². The molecule has 0 aliphatic heterocycles. The van der Waals surface area contributed by atoms with E-state index in [0.717, 1.165) is 24.4 Å². The highest BCUT2D eigenvalue weighted by Gasteiger charge is 2.04. The number of aromatic nitrogens is 3. The number of nitrogens with two attached hydrogens (primary N) is 1. The van der Waals surface area contributed by atoms with Crippen LogP contribution in [0.3, 0.4) is 0 Å². The molecule has 0 amide bonds. The first-order chi connectivity index (χ1) is 6.81. The zero-order valence-corrected chi connectivity index (χ0v) is 8.07. The van der Waals surface area contributed by atoms with Crippen molar-refractivity contribution in [2.24, 2.45) is 0 Å². The van der Waals surface area contributed by atoms with Crippen LogP contribution in [0.4, 0.5) is 11.6 Å². The molecule has 0 bridgehead atoms. The van der Waals surface area contributed by atoms with Gasteiger partial charge in [-0.25, -0.2) is 9.97 Å². The van der Waals surface area contributed by atoms with Crippen molar-refractivity contribution >= 4 is 17.3 Å². The maximum absolute atomic E-state index is 5.66. The van der Waals surface area contributed by atoms with Gasteiger partial charge in [-0.2, -0.15) is 0 Å². The number of rotatable bonds is 3. The van der Waals surface area contributed by atoms with Crippen LogP contribution >= 0.6 is 0 Å². The van der Waals surface area contributed by atoms with Gasteiger partial charge in [-0.05, 0) is 6.42 Å². The quantitative estimate of drug-likeness (QED) is 0.763. The first-order valence-electron chi connectivity index (χ1n) is 4.64. The smallest absolute Gasteiger partial charge is 0.180 e. The van der Waals surface area contributed by atoms with Crippen molar-refractivity contribution in [3.05, 3.63) is 18.6 Å². The van der Waals surface area contributed by atoms with Crippen LogP contribution in [-0.2, 0) is 0 Å². The van der Waals surface area contributed by atoms with Crippen LogP contribution in [0, 0.1) is 0 Å². The molecule has 0 aliphatic carbocycles. The lowest BCUT2D eigenvalue weighted by Crippen LogP contribution is -2.06. The van der Waals surface area contributed by atoms with E-state index < -0.39 is 0 Å². The number of fused-ring (bicyclic) bond motifs is 1. The summed E-state index contributed by atoms with van der Waals surface area (Å²) in [5.41, 5.74) is 6.47. The molecule has 2 rings (SSSR count). The van der Waals surface area contributed by atoms with Gasteiger partial charge in [0.25, 0.3) is 0 Å². The van der Waals surface area contributed by atoms with E-state index in [2.05, 4.69) is 22.2 Å². The zero-order valence-electron chi connectivity index (χ0n) is 8.07. The summed E-state index contributed by atoms with van der Waals surface area (Å²) in [5, 5.41) is 3.19. The molecule has 0 atom stereocenters. The molecule has 0 saturated heterocycles. The average molecular weight is 191 g/mol. The molecular weight excluding hydrogens is 178 g/mol. The van der Waals surface area contributed by atoms with Crippen LogP contribution in [0.2, 0.25) is 0 Å². The molecule has 74 valence electrons. The molecule has 0 spiro atoms. The average Bonchev–Trinajstić information content (AvgIpc) is 2.61. The number of hydrogen-bond donors (Lipinski definition) is 2. The predicted octanol–water partition coefficient (Wildman–Crippen LogP) is 1.13. The highest BCUT2D eigenvalue weighted by molar-refractivity contribution is 5.64. The number of nitrogens with zero attached hydrogens (tertiary/aromatic N) is 3. The van der Waals surface area contributed by atoms with Gasteiger partial charge in [-0.15, -0.1) is 0 Å². The second kappa shape index (κ2) is 3.53. The lowest BCUT2D eigenvalue weighted by molar-refractivity contribution is 0.966. The molecule has 14 heavy (non-hydrogen) atoms. The molecule has 3 N–H and O–H groups in total. The van der Waals surface area contributed by atoms with Crippen molar-refractivity contribution in [2.45, 2.75) is 13.3 Å². The largest absolute Gasteiger partial charge is 0.382 e. The van der Waals surface area contributed by atoms with E-state index in [-0.39, 0.29) is 0 Å². The Morgan fingerprint density at radius 2 is 2.43 bits per heavy atom. The highest BCUT2D eigenvalue weighted by Crippen LogP contribution is 2.13. The maximum atomic E-state index is 5.66. The highest BCUT2D eigenvalue weighted by atomic mass is 15.1. The summed E-state index contributed by atoms with van der Waals surface area (Å²) < 4.78 is 1.86. The van der Waals surface area contributed by atoms with Crippen LogP contribution in [0.1, 0.15) is 13.3 Å². The summed E-state index contributed by atoms with van der Waals surface area (Å²) in [5.74, 6) is 1.24. The van der Waals surface area contributed by atoms with Crippen molar-refractivity contribution < 1.29 is 0 Å². The van der Waals surface area contributed by atoms with Gasteiger partial charge < -0.3 is 15.5 Å². The Balaban J connectivity index is 2.44. The molecule has 0 saturated carbocycles. The van der Waals surface area contributed by atoms with Gasteiger partial charge in [-0.1, -0.05) is 6.92 Å². The summed E-state index contributed by atoms with van der Waals surface area (Å²) >= 11 is 0. The Kier molecular flexibility index (Phi) is 2.22. The van der Waals surface area contributed by atoms with Gasteiger partial charge in [0.15, 0.2) is 11.5 Å². The first kappa shape index (κ1) is 8.80. The monoisotopic (exact) mass is 191 g/mol. The van der Waals surface area contributed by atoms with Gasteiger partial charge in [-0.3, -0.25) is 0 Å². The van der Waals surface area contributed by atoms with E-state index in [1.807, 2.05) is 10.6 Å². The molecule has 5 heteroatoms. The van der Waals surface area contributed by atoms with E-state index in [1.54, 1.807) is 12.4 Å². The standard InChI is InChI=1S/C9H13N5/c1-2-3-11-8-9-12-4-5-14(9)6-7(10)13-8/h4-6H,2-3,10H2,1H3,(H,11,13). The summed E-state index contributed by atoms with van der Waals surface area (Å²) in [6.45, 7) is 2.97. The summed E-state index contributed by atoms with van der Waals surface area (Å²) in [7, 11) is 0. The van der Waals surface area contributed by atoms with E-state index in [1.165, 1.54) is 0 Å². The third kappa shape index (κ3) is 1.48. The fraction of sp³-hybridized carbons (Fsp3) is 0.333. The Morgan fingerprint density at radius 3 is 3.21 bits per heavy atom.